The van der Waals surface area contributed by atoms with Crippen LogP contribution in [-0.2, 0) is 6.54 Å². The van der Waals surface area contributed by atoms with Crippen molar-refractivity contribution in [2.75, 3.05) is 18.0 Å². The van der Waals surface area contributed by atoms with Crippen LogP contribution in [0.15, 0.2) is 71.7 Å². The molecule has 1 atom stereocenters. The number of benzene rings is 2. The number of piperidine rings is 1. The number of nitrogens with two attached hydrogens (primary N) is 1. The summed E-state index contributed by atoms with van der Waals surface area (Å²) in [7, 11) is 0. The van der Waals surface area contributed by atoms with Crippen molar-refractivity contribution in [3.63, 3.8) is 0 Å². The summed E-state index contributed by atoms with van der Waals surface area (Å²) in [6, 6.07) is 18.5. The number of fused-ring (bicyclic) bond motifs is 4. The Bertz CT molecular complexity index is 1660. The summed E-state index contributed by atoms with van der Waals surface area (Å²) in [5.41, 5.74) is 9.28. The van der Waals surface area contributed by atoms with E-state index in [1.807, 2.05) is 53.4 Å². The molecule has 0 saturated carbocycles. The summed E-state index contributed by atoms with van der Waals surface area (Å²) in [5.74, 6) is 0.786. The van der Waals surface area contributed by atoms with Crippen LogP contribution in [0.3, 0.4) is 0 Å². The van der Waals surface area contributed by atoms with Gasteiger partial charge in [0.15, 0.2) is 0 Å². The molecule has 36 heavy (non-hydrogen) atoms. The maximum absolute atomic E-state index is 13.9. The topological polar surface area (TPSA) is 82.0 Å². The summed E-state index contributed by atoms with van der Waals surface area (Å²) < 4.78 is 3.69. The van der Waals surface area contributed by atoms with E-state index >= 15 is 0 Å². The molecule has 7 nitrogen and oxygen atoms in total. The van der Waals surface area contributed by atoms with Gasteiger partial charge in [-0.25, -0.2) is 4.98 Å². The zero-order valence-electron chi connectivity index (χ0n) is 20.5. The van der Waals surface area contributed by atoms with Gasteiger partial charge in [0.25, 0.3) is 5.56 Å². The molecular weight excluding hydrogens is 448 g/mol. The zero-order valence-corrected chi connectivity index (χ0v) is 20.5. The Morgan fingerprint density at radius 3 is 2.58 bits per heavy atom. The van der Waals surface area contributed by atoms with E-state index in [2.05, 4.69) is 36.1 Å². The van der Waals surface area contributed by atoms with Gasteiger partial charge in [-0.1, -0.05) is 55.5 Å². The molecule has 3 aromatic heterocycles. The lowest BCUT2D eigenvalue weighted by Crippen LogP contribution is -2.43. The number of nitrogens with zero attached hydrogens (tertiary/aromatic N) is 5. The average molecular weight is 479 g/mol. The fourth-order valence-electron chi connectivity index (χ4n) is 5.28. The van der Waals surface area contributed by atoms with Crippen molar-refractivity contribution in [2.24, 2.45) is 5.73 Å². The van der Waals surface area contributed by atoms with Crippen LogP contribution < -0.4 is 16.2 Å². The van der Waals surface area contributed by atoms with Crippen LogP contribution in [0.5, 0.6) is 0 Å². The van der Waals surface area contributed by atoms with Gasteiger partial charge in [0.05, 0.1) is 23.3 Å². The molecule has 1 unspecified atom stereocenters. The largest absolute Gasteiger partial charge is 0.340 e. The minimum atomic E-state index is -0.0765. The Balaban J connectivity index is 1.50. The van der Waals surface area contributed by atoms with E-state index in [1.54, 1.807) is 4.57 Å². The van der Waals surface area contributed by atoms with E-state index in [-0.39, 0.29) is 11.6 Å². The van der Waals surface area contributed by atoms with Crippen molar-refractivity contribution in [1.29, 1.82) is 0 Å². The minimum Gasteiger partial charge on any atom is -0.340 e. The van der Waals surface area contributed by atoms with Crippen molar-refractivity contribution >= 4 is 44.9 Å². The van der Waals surface area contributed by atoms with Gasteiger partial charge in [-0.2, -0.15) is 0 Å². The first kappa shape index (κ1) is 22.5. The third-order valence-electron chi connectivity index (χ3n) is 7.03. The van der Waals surface area contributed by atoms with Crippen molar-refractivity contribution in [1.82, 2.24) is 19.1 Å². The van der Waals surface area contributed by atoms with Crippen molar-refractivity contribution in [2.45, 2.75) is 38.8 Å². The molecule has 1 fully saturated rings. The Morgan fingerprint density at radius 2 is 1.78 bits per heavy atom. The number of hydrogen-bond acceptors (Lipinski definition) is 5. The van der Waals surface area contributed by atoms with Crippen LogP contribution in [0.2, 0.25) is 0 Å². The average Bonchev–Trinajstić information content (AvgIpc) is 3.28. The molecular formula is C29H30N6O. The van der Waals surface area contributed by atoms with Gasteiger partial charge in [0.1, 0.15) is 5.52 Å². The summed E-state index contributed by atoms with van der Waals surface area (Å²) in [4.78, 5) is 25.9. The standard InChI is InChI=1S/C29H30N6O/c1-2-3-16-35-27-25(32-29(35)34-15-8-9-20(30)18-34)14-17-33(28(27)36)19-26-23-12-5-4-10-21(23)22-11-6-7-13-24(22)31-26/h3-7,10-14,16-17,20H,2,8-9,15,18-19,30H2,1H3. The number of pyridine rings is 2. The molecule has 6 rings (SSSR count). The molecule has 4 heterocycles. The Morgan fingerprint density at radius 1 is 1.00 bits per heavy atom. The van der Waals surface area contributed by atoms with Crippen LogP contribution in [0.1, 0.15) is 31.9 Å². The first-order valence-electron chi connectivity index (χ1n) is 12.7. The Labute approximate surface area is 209 Å². The third-order valence-corrected chi connectivity index (χ3v) is 7.03. The second-order valence-electron chi connectivity index (χ2n) is 9.53. The summed E-state index contributed by atoms with van der Waals surface area (Å²) >= 11 is 0. The van der Waals surface area contributed by atoms with E-state index in [0.717, 1.165) is 65.7 Å². The lowest BCUT2D eigenvalue weighted by Gasteiger charge is -2.31. The number of hydrogen-bond donors (Lipinski definition) is 1. The molecule has 2 N–H and O–H groups in total. The molecule has 0 amide bonds. The smallest absolute Gasteiger partial charge is 0.277 e. The highest BCUT2D eigenvalue weighted by molar-refractivity contribution is 6.06. The number of aromatic nitrogens is 4. The lowest BCUT2D eigenvalue weighted by molar-refractivity contribution is 0.499. The highest BCUT2D eigenvalue weighted by Crippen LogP contribution is 2.27. The highest BCUT2D eigenvalue weighted by atomic mass is 16.1. The van der Waals surface area contributed by atoms with E-state index in [9.17, 15) is 4.79 Å². The van der Waals surface area contributed by atoms with Crippen molar-refractivity contribution in [3.8, 4) is 0 Å². The number of anilines is 1. The summed E-state index contributed by atoms with van der Waals surface area (Å²) in [6.07, 6.45) is 8.77. The summed E-state index contributed by atoms with van der Waals surface area (Å²) in [5, 5.41) is 3.32. The monoisotopic (exact) mass is 478 g/mol. The first-order chi connectivity index (χ1) is 17.6. The van der Waals surface area contributed by atoms with E-state index in [1.165, 1.54) is 0 Å². The van der Waals surface area contributed by atoms with Crippen LogP contribution in [-0.4, -0.2) is 38.2 Å². The minimum absolute atomic E-state index is 0.0765. The SMILES string of the molecule is CCC=Cn1c(N2CCCC(N)C2)nc2ccn(Cc3nc4ccccc4c4ccccc34)c(=O)c21. The normalized spacial score (nSPS) is 16.6. The van der Waals surface area contributed by atoms with Crippen molar-refractivity contribution in [3.05, 3.63) is 82.9 Å². The number of imidazole rings is 1. The highest BCUT2D eigenvalue weighted by Gasteiger charge is 2.23. The molecule has 182 valence electrons. The molecule has 7 heteroatoms. The summed E-state index contributed by atoms with van der Waals surface area (Å²) in [6.45, 7) is 4.09. The fourth-order valence-corrected chi connectivity index (χ4v) is 5.28. The molecule has 0 aliphatic carbocycles. The molecule has 5 aromatic rings. The number of rotatable bonds is 5. The predicted molar refractivity (Wildman–Crippen MR) is 147 cm³/mol. The van der Waals surface area contributed by atoms with Crippen molar-refractivity contribution < 1.29 is 0 Å². The number of allylic oxidation sites excluding steroid dienone is 1. The second-order valence-corrected chi connectivity index (χ2v) is 9.53. The molecule has 1 aliphatic heterocycles. The van der Waals surface area contributed by atoms with Crippen LogP contribution >= 0.6 is 0 Å². The van der Waals surface area contributed by atoms with Gasteiger partial charge in [-0.15, -0.1) is 0 Å². The second kappa shape index (κ2) is 9.24. The van der Waals surface area contributed by atoms with Gasteiger partial charge in [0.2, 0.25) is 5.95 Å². The third kappa shape index (κ3) is 3.85. The van der Waals surface area contributed by atoms with Gasteiger partial charge < -0.3 is 15.2 Å². The predicted octanol–water partition coefficient (Wildman–Crippen LogP) is 4.76. The van der Waals surface area contributed by atoms with Gasteiger partial charge in [0, 0.05) is 42.3 Å². The van der Waals surface area contributed by atoms with Crippen LogP contribution in [0, 0.1) is 0 Å². The van der Waals surface area contributed by atoms with Crippen LogP contribution in [0.4, 0.5) is 5.95 Å². The molecule has 0 radical (unpaired) electrons. The van der Waals surface area contributed by atoms with E-state index < -0.39 is 0 Å². The van der Waals surface area contributed by atoms with Gasteiger partial charge >= 0.3 is 0 Å². The van der Waals surface area contributed by atoms with Crippen LogP contribution in [0.25, 0.3) is 38.9 Å². The molecule has 1 aliphatic rings. The van der Waals surface area contributed by atoms with E-state index in [0.29, 0.717) is 17.6 Å². The Kier molecular flexibility index (Phi) is 5.77. The molecule has 0 bridgehead atoms. The van der Waals surface area contributed by atoms with Gasteiger partial charge in [-0.3, -0.25) is 14.3 Å². The quantitative estimate of drug-likeness (QED) is 0.369. The maximum atomic E-state index is 13.9. The van der Waals surface area contributed by atoms with E-state index in [4.69, 9.17) is 15.7 Å². The Hall–Kier alpha value is -3.97. The van der Waals surface area contributed by atoms with Gasteiger partial charge in [-0.05, 0) is 36.8 Å². The molecule has 1 saturated heterocycles. The first-order valence-corrected chi connectivity index (χ1v) is 12.7. The zero-order chi connectivity index (χ0) is 24.6. The lowest BCUT2D eigenvalue weighted by atomic mass is 10.0. The fraction of sp³-hybridized carbons (Fsp3) is 0.276. The maximum Gasteiger partial charge on any atom is 0.277 e. The molecule has 2 aromatic carbocycles. The molecule has 0 spiro atoms. The number of para-hydroxylation sites is 1.